The van der Waals surface area contributed by atoms with E-state index in [4.69, 9.17) is 4.74 Å². The van der Waals surface area contributed by atoms with Crippen LogP contribution in [0.5, 0.6) is 0 Å². The number of nitrogens with zero attached hydrogens (tertiary/aromatic N) is 4. The van der Waals surface area contributed by atoms with Crippen LogP contribution in [0, 0.1) is 5.92 Å². The molecule has 0 atom stereocenters. The molecule has 2 N–H and O–H groups in total. The molecule has 2 aliphatic heterocycles. The predicted molar refractivity (Wildman–Crippen MR) is 110 cm³/mol. The molecule has 0 unspecified atom stereocenters. The number of hydrogen-bond donors (Lipinski definition) is 2. The summed E-state index contributed by atoms with van der Waals surface area (Å²) in [6.07, 6.45) is 4.60. The number of urea groups is 1. The number of ether oxygens (including phenoxy) is 1. The molecule has 0 aromatic carbocycles. The van der Waals surface area contributed by atoms with Crippen LogP contribution in [0.3, 0.4) is 0 Å². The first-order valence-corrected chi connectivity index (χ1v) is 9.98. The largest absolute Gasteiger partial charge is 0.444 e. The van der Waals surface area contributed by atoms with E-state index in [9.17, 15) is 14.4 Å². The summed E-state index contributed by atoms with van der Waals surface area (Å²) in [6.45, 7) is 7.61. The van der Waals surface area contributed by atoms with E-state index in [1.165, 1.54) is 11.9 Å². The van der Waals surface area contributed by atoms with Gasteiger partial charge >= 0.3 is 12.1 Å². The van der Waals surface area contributed by atoms with Crippen molar-refractivity contribution < 1.29 is 19.1 Å². The quantitative estimate of drug-likeness (QED) is 0.567. The molecule has 4 amide bonds. The van der Waals surface area contributed by atoms with Crippen molar-refractivity contribution in [2.24, 2.45) is 5.92 Å². The number of aromatic nitrogens is 2. The highest BCUT2D eigenvalue weighted by Gasteiger charge is 2.30. The molecule has 0 aliphatic carbocycles. The van der Waals surface area contributed by atoms with Crippen molar-refractivity contribution in [2.75, 3.05) is 31.6 Å². The van der Waals surface area contributed by atoms with Crippen LogP contribution < -0.4 is 15.5 Å². The number of carbonyl (C=O) groups excluding carboxylic acids is 3. The van der Waals surface area contributed by atoms with Gasteiger partial charge in [0.1, 0.15) is 11.3 Å². The molecule has 1 aromatic rings. The minimum Gasteiger partial charge on any atom is -0.444 e. The van der Waals surface area contributed by atoms with E-state index in [-0.39, 0.29) is 5.70 Å². The van der Waals surface area contributed by atoms with Crippen molar-refractivity contribution in [1.82, 2.24) is 25.5 Å². The Bertz CT molecular complexity index is 855. The second kappa shape index (κ2) is 8.68. The molecular weight excluding hydrogens is 388 g/mol. The average Bonchev–Trinajstić information content (AvgIpc) is 2.92. The Kier molecular flexibility index (Phi) is 6.23. The van der Waals surface area contributed by atoms with Crippen molar-refractivity contribution in [2.45, 2.75) is 39.2 Å². The highest BCUT2D eigenvalue weighted by molar-refractivity contribution is 6.13. The molecule has 2 aliphatic rings. The number of amides is 4. The van der Waals surface area contributed by atoms with Crippen LogP contribution in [0.25, 0.3) is 6.08 Å². The summed E-state index contributed by atoms with van der Waals surface area (Å²) in [4.78, 5) is 47.5. The Balaban J connectivity index is 1.55. The molecule has 0 saturated carbocycles. The normalized spacial score (nSPS) is 19.3. The maximum Gasteiger partial charge on any atom is 0.407 e. The van der Waals surface area contributed by atoms with Gasteiger partial charge in [0.15, 0.2) is 0 Å². The topological polar surface area (TPSA) is 117 Å². The van der Waals surface area contributed by atoms with Gasteiger partial charge in [-0.15, -0.1) is 0 Å². The third-order valence-electron chi connectivity index (χ3n) is 4.90. The smallest absolute Gasteiger partial charge is 0.407 e. The van der Waals surface area contributed by atoms with Gasteiger partial charge in [0.05, 0.1) is 5.69 Å². The van der Waals surface area contributed by atoms with Gasteiger partial charge in [0.2, 0.25) is 5.95 Å². The lowest BCUT2D eigenvalue weighted by molar-refractivity contribution is -0.115. The van der Waals surface area contributed by atoms with Gasteiger partial charge in [-0.25, -0.2) is 19.6 Å². The van der Waals surface area contributed by atoms with E-state index in [0.29, 0.717) is 24.1 Å². The number of hydrogen-bond acceptors (Lipinski definition) is 7. The summed E-state index contributed by atoms with van der Waals surface area (Å²) >= 11 is 0. The van der Waals surface area contributed by atoms with Crippen molar-refractivity contribution >= 4 is 30.1 Å². The summed E-state index contributed by atoms with van der Waals surface area (Å²) in [7, 11) is 1.53. The van der Waals surface area contributed by atoms with Crippen molar-refractivity contribution in [3.63, 3.8) is 0 Å². The molecule has 3 heterocycles. The van der Waals surface area contributed by atoms with E-state index in [2.05, 4.69) is 25.5 Å². The van der Waals surface area contributed by atoms with Gasteiger partial charge in [-0.2, -0.15) is 0 Å². The number of alkyl carbamates (subject to hydrolysis) is 1. The second-order valence-electron chi connectivity index (χ2n) is 8.44. The average molecular weight is 416 g/mol. The Morgan fingerprint density at radius 1 is 1.33 bits per heavy atom. The molecule has 2 fully saturated rings. The zero-order chi connectivity index (χ0) is 21.9. The number of piperidine rings is 1. The first-order chi connectivity index (χ1) is 14.1. The van der Waals surface area contributed by atoms with Gasteiger partial charge in [-0.05, 0) is 51.7 Å². The lowest BCUT2D eigenvalue weighted by atomic mass is 9.97. The van der Waals surface area contributed by atoms with Crippen LogP contribution in [0.4, 0.5) is 15.5 Å². The zero-order valence-electron chi connectivity index (χ0n) is 17.8. The third-order valence-corrected chi connectivity index (χ3v) is 4.90. The van der Waals surface area contributed by atoms with Gasteiger partial charge in [0, 0.05) is 32.9 Å². The lowest BCUT2D eigenvalue weighted by Gasteiger charge is -2.32. The van der Waals surface area contributed by atoms with Crippen molar-refractivity contribution in [1.29, 1.82) is 0 Å². The van der Waals surface area contributed by atoms with Crippen molar-refractivity contribution in [3.8, 4) is 0 Å². The van der Waals surface area contributed by atoms with E-state index in [1.807, 2.05) is 20.8 Å². The minimum absolute atomic E-state index is 0.247. The van der Waals surface area contributed by atoms with Gasteiger partial charge in [0.25, 0.3) is 5.91 Å². The minimum atomic E-state index is -0.508. The highest BCUT2D eigenvalue weighted by Crippen LogP contribution is 2.21. The number of anilines is 1. The lowest BCUT2D eigenvalue weighted by Crippen LogP contribution is -2.40. The Morgan fingerprint density at radius 2 is 2.03 bits per heavy atom. The van der Waals surface area contributed by atoms with Crippen LogP contribution >= 0.6 is 0 Å². The molecule has 30 heavy (non-hydrogen) atoms. The number of imide groups is 1. The summed E-state index contributed by atoms with van der Waals surface area (Å²) in [5.74, 6) is 0.497. The van der Waals surface area contributed by atoms with E-state index >= 15 is 0 Å². The molecule has 0 bridgehead atoms. The van der Waals surface area contributed by atoms with Crippen LogP contribution in [-0.2, 0) is 9.53 Å². The number of carbonyl (C=O) groups is 3. The molecule has 2 saturated heterocycles. The Morgan fingerprint density at radius 3 is 2.63 bits per heavy atom. The van der Waals surface area contributed by atoms with Gasteiger partial charge < -0.3 is 15.0 Å². The fourth-order valence-electron chi connectivity index (χ4n) is 3.28. The molecule has 10 nitrogen and oxygen atoms in total. The standard InChI is InChI=1S/C20H28N6O4/c1-20(2,3)30-19(29)22-12-13-6-9-26(10-7-13)17-21-8-5-14(23-17)11-15-16(27)24-18(28)25(15)4/h5,8,11,13H,6-7,9-10,12H2,1-4H3,(H,22,29)(H,24,27,28)/b15-11+. The molecule has 3 rings (SSSR count). The van der Waals surface area contributed by atoms with Gasteiger partial charge in [-0.1, -0.05) is 0 Å². The van der Waals surface area contributed by atoms with Crippen LogP contribution in [0.2, 0.25) is 0 Å². The summed E-state index contributed by atoms with van der Waals surface area (Å²) < 4.78 is 5.27. The van der Waals surface area contributed by atoms with E-state index in [1.54, 1.807) is 18.3 Å². The molecule has 1 aromatic heterocycles. The Hall–Kier alpha value is -3.17. The molecular formula is C20H28N6O4. The first-order valence-electron chi connectivity index (χ1n) is 9.98. The maximum absolute atomic E-state index is 11.9. The van der Waals surface area contributed by atoms with E-state index < -0.39 is 23.6 Å². The van der Waals surface area contributed by atoms with Crippen LogP contribution in [0.15, 0.2) is 18.0 Å². The number of nitrogens with one attached hydrogen (secondary N) is 2. The summed E-state index contributed by atoms with van der Waals surface area (Å²) in [5, 5.41) is 5.08. The summed E-state index contributed by atoms with van der Waals surface area (Å²) in [6, 6.07) is 1.24. The molecule has 0 spiro atoms. The second-order valence-corrected chi connectivity index (χ2v) is 8.44. The fraction of sp³-hybridized carbons (Fsp3) is 0.550. The molecule has 10 heteroatoms. The third kappa shape index (κ3) is 5.46. The van der Waals surface area contributed by atoms with Crippen LogP contribution in [-0.4, -0.2) is 65.2 Å². The van der Waals surface area contributed by atoms with Crippen molar-refractivity contribution in [3.05, 3.63) is 23.7 Å². The summed E-state index contributed by atoms with van der Waals surface area (Å²) in [5.41, 5.74) is 0.295. The predicted octanol–water partition coefficient (Wildman–Crippen LogP) is 1.74. The monoisotopic (exact) mass is 416 g/mol. The highest BCUT2D eigenvalue weighted by atomic mass is 16.6. The number of rotatable bonds is 4. The Labute approximate surface area is 175 Å². The van der Waals surface area contributed by atoms with Crippen LogP contribution in [0.1, 0.15) is 39.3 Å². The maximum atomic E-state index is 11.9. The molecule has 162 valence electrons. The number of likely N-dealkylation sites (N-methyl/N-ethyl adjacent to an activating group) is 1. The molecule has 0 radical (unpaired) electrons. The van der Waals surface area contributed by atoms with E-state index in [0.717, 1.165) is 25.9 Å². The van der Waals surface area contributed by atoms with Gasteiger partial charge in [-0.3, -0.25) is 15.0 Å². The zero-order valence-corrected chi connectivity index (χ0v) is 17.8. The first kappa shape index (κ1) is 21.5. The fourth-order valence-corrected chi connectivity index (χ4v) is 3.28. The SMILES string of the molecule is CN1C(=O)NC(=O)/C1=C\c1ccnc(N2CCC(CNC(=O)OC(C)(C)C)CC2)n1.